The number of ether oxygens (including phenoxy) is 1. The van der Waals surface area contributed by atoms with Gasteiger partial charge in [0, 0.05) is 26.1 Å². The van der Waals surface area contributed by atoms with Gasteiger partial charge in [-0.15, -0.1) is 0 Å². The van der Waals surface area contributed by atoms with Crippen LogP contribution in [0.25, 0.3) is 0 Å². The summed E-state index contributed by atoms with van der Waals surface area (Å²) in [5.41, 5.74) is 0. The van der Waals surface area contributed by atoms with Gasteiger partial charge < -0.3 is 15.0 Å². The number of piperidine rings is 1. The second-order valence-corrected chi connectivity index (χ2v) is 5.07. The number of nitrogens with zero attached hydrogens (tertiary/aromatic N) is 1. The molecule has 0 saturated carbocycles. The Morgan fingerprint density at radius 1 is 1.33 bits per heavy atom. The molecule has 1 aliphatic rings. The van der Waals surface area contributed by atoms with E-state index in [1.54, 1.807) is 17.0 Å². The Balaban J connectivity index is 1.77. The highest BCUT2D eigenvalue weighted by Gasteiger charge is 2.23. The predicted octanol–water partition coefficient (Wildman–Crippen LogP) is 1.33. The van der Waals surface area contributed by atoms with Gasteiger partial charge in [0.05, 0.1) is 0 Å². The van der Waals surface area contributed by atoms with Crippen molar-refractivity contribution in [2.24, 2.45) is 0 Å². The molecule has 2 amide bonds. The lowest BCUT2D eigenvalue weighted by Crippen LogP contribution is -2.47. The Kier molecular flexibility index (Phi) is 5.14. The van der Waals surface area contributed by atoms with E-state index in [1.165, 1.54) is 19.1 Å². The number of amides is 2. The van der Waals surface area contributed by atoms with Crippen molar-refractivity contribution in [2.45, 2.75) is 25.8 Å². The first-order valence-corrected chi connectivity index (χ1v) is 6.98. The Labute approximate surface area is 123 Å². The zero-order valence-corrected chi connectivity index (χ0v) is 12.0. The van der Waals surface area contributed by atoms with Crippen LogP contribution in [0.2, 0.25) is 0 Å². The van der Waals surface area contributed by atoms with Crippen LogP contribution < -0.4 is 10.1 Å². The van der Waals surface area contributed by atoms with Crippen LogP contribution in [0.3, 0.4) is 0 Å². The summed E-state index contributed by atoms with van der Waals surface area (Å²) in [5, 5.41) is 2.85. The van der Waals surface area contributed by atoms with Crippen molar-refractivity contribution in [1.82, 2.24) is 10.2 Å². The number of hydrogen-bond donors (Lipinski definition) is 1. The number of para-hydroxylation sites is 1. The third-order valence-electron chi connectivity index (χ3n) is 3.44. The van der Waals surface area contributed by atoms with Gasteiger partial charge in [0.2, 0.25) is 5.91 Å². The molecule has 1 saturated heterocycles. The smallest absolute Gasteiger partial charge is 0.260 e. The molecule has 5 nitrogen and oxygen atoms in total. The van der Waals surface area contributed by atoms with E-state index < -0.39 is 5.82 Å². The van der Waals surface area contributed by atoms with E-state index in [0.717, 1.165) is 12.8 Å². The van der Waals surface area contributed by atoms with Crippen LogP contribution in [0.15, 0.2) is 24.3 Å². The van der Waals surface area contributed by atoms with Crippen LogP contribution >= 0.6 is 0 Å². The van der Waals surface area contributed by atoms with Gasteiger partial charge in [0.15, 0.2) is 18.2 Å². The lowest BCUT2D eigenvalue weighted by Gasteiger charge is -2.32. The lowest BCUT2D eigenvalue weighted by molar-refractivity contribution is -0.134. The van der Waals surface area contributed by atoms with E-state index in [-0.39, 0.29) is 30.2 Å². The minimum Gasteiger partial charge on any atom is -0.481 e. The Bertz CT molecular complexity index is 513. The standard InChI is InChI=1S/C15H19FN2O3/c1-11(19)17-12-6-8-18(9-7-12)15(20)10-21-14-5-3-2-4-13(14)16/h2-5,12H,6-10H2,1H3,(H,17,19). The molecule has 2 rings (SSSR count). The number of carbonyl (C=O) groups is 2. The van der Waals surface area contributed by atoms with Crippen LogP contribution in [0, 0.1) is 5.82 Å². The molecule has 0 aliphatic carbocycles. The first-order valence-electron chi connectivity index (χ1n) is 6.98. The quantitative estimate of drug-likeness (QED) is 0.911. The van der Waals surface area contributed by atoms with E-state index in [4.69, 9.17) is 4.74 Å². The van der Waals surface area contributed by atoms with E-state index in [0.29, 0.717) is 13.1 Å². The molecule has 0 unspecified atom stereocenters. The highest BCUT2D eigenvalue weighted by atomic mass is 19.1. The highest BCUT2D eigenvalue weighted by molar-refractivity contribution is 5.78. The molecule has 1 heterocycles. The van der Waals surface area contributed by atoms with Crippen molar-refractivity contribution in [3.8, 4) is 5.75 Å². The molecule has 1 aliphatic heterocycles. The fourth-order valence-corrected chi connectivity index (χ4v) is 2.35. The van der Waals surface area contributed by atoms with E-state index in [2.05, 4.69) is 5.32 Å². The summed E-state index contributed by atoms with van der Waals surface area (Å²) < 4.78 is 18.6. The number of benzene rings is 1. The number of rotatable bonds is 4. The van der Waals surface area contributed by atoms with Crippen molar-refractivity contribution in [2.75, 3.05) is 19.7 Å². The monoisotopic (exact) mass is 294 g/mol. The molecule has 1 aromatic carbocycles. The number of halogens is 1. The minimum atomic E-state index is -0.477. The van der Waals surface area contributed by atoms with Gasteiger partial charge in [-0.2, -0.15) is 0 Å². The largest absolute Gasteiger partial charge is 0.481 e. The van der Waals surface area contributed by atoms with Crippen LogP contribution in [-0.4, -0.2) is 42.5 Å². The normalized spacial score (nSPS) is 15.6. The fourth-order valence-electron chi connectivity index (χ4n) is 2.35. The molecule has 114 valence electrons. The summed E-state index contributed by atoms with van der Waals surface area (Å²) in [6.07, 6.45) is 1.45. The van der Waals surface area contributed by atoms with Crippen molar-refractivity contribution in [1.29, 1.82) is 0 Å². The maximum Gasteiger partial charge on any atom is 0.260 e. The molecule has 21 heavy (non-hydrogen) atoms. The van der Waals surface area contributed by atoms with Gasteiger partial charge in [-0.3, -0.25) is 9.59 Å². The number of nitrogens with one attached hydrogen (secondary N) is 1. The SMILES string of the molecule is CC(=O)NC1CCN(C(=O)COc2ccccc2F)CC1. The molecule has 0 spiro atoms. The van der Waals surface area contributed by atoms with Gasteiger partial charge in [-0.05, 0) is 25.0 Å². The molecule has 0 aromatic heterocycles. The maximum absolute atomic E-state index is 13.4. The number of hydrogen-bond acceptors (Lipinski definition) is 3. The summed E-state index contributed by atoms with van der Waals surface area (Å²) in [4.78, 5) is 24.7. The topological polar surface area (TPSA) is 58.6 Å². The molecular weight excluding hydrogens is 275 g/mol. The summed E-state index contributed by atoms with van der Waals surface area (Å²) in [7, 11) is 0. The molecule has 1 N–H and O–H groups in total. The fraction of sp³-hybridized carbons (Fsp3) is 0.467. The van der Waals surface area contributed by atoms with Crippen LogP contribution in [-0.2, 0) is 9.59 Å². The second-order valence-electron chi connectivity index (χ2n) is 5.07. The van der Waals surface area contributed by atoms with Crippen molar-refractivity contribution in [3.63, 3.8) is 0 Å². The highest BCUT2D eigenvalue weighted by Crippen LogP contribution is 2.16. The first kappa shape index (κ1) is 15.3. The van der Waals surface area contributed by atoms with Gasteiger partial charge in [-0.25, -0.2) is 4.39 Å². The Morgan fingerprint density at radius 2 is 2.00 bits per heavy atom. The summed E-state index contributed by atoms with van der Waals surface area (Å²) in [6, 6.07) is 6.13. The predicted molar refractivity (Wildman–Crippen MR) is 75.3 cm³/mol. The van der Waals surface area contributed by atoms with Crippen molar-refractivity contribution >= 4 is 11.8 Å². The molecule has 0 radical (unpaired) electrons. The summed E-state index contributed by atoms with van der Waals surface area (Å²) in [6.45, 7) is 2.46. The van der Waals surface area contributed by atoms with Crippen LogP contribution in [0.4, 0.5) is 4.39 Å². The number of carbonyl (C=O) groups excluding carboxylic acids is 2. The molecule has 0 bridgehead atoms. The molecule has 1 aromatic rings. The molecular formula is C15H19FN2O3. The number of likely N-dealkylation sites (tertiary alicyclic amines) is 1. The van der Waals surface area contributed by atoms with Gasteiger partial charge in [0.1, 0.15) is 0 Å². The zero-order chi connectivity index (χ0) is 15.2. The van der Waals surface area contributed by atoms with E-state index in [9.17, 15) is 14.0 Å². The summed E-state index contributed by atoms with van der Waals surface area (Å²) in [5.74, 6) is -0.615. The Hall–Kier alpha value is -2.11. The van der Waals surface area contributed by atoms with Crippen LogP contribution in [0.1, 0.15) is 19.8 Å². The van der Waals surface area contributed by atoms with Gasteiger partial charge in [-0.1, -0.05) is 12.1 Å². The maximum atomic E-state index is 13.4. The van der Waals surface area contributed by atoms with Gasteiger partial charge >= 0.3 is 0 Å². The second kappa shape index (κ2) is 7.06. The Morgan fingerprint density at radius 3 is 2.62 bits per heavy atom. The zero-order valence-electron chi connectivity index (χ0n) is 12.0. The van der Waals surface area contributed by atoms with Crippen molar-refractivity contribution < 1.29 is 18.7 Å². The average molecular weight is 294 g/mol. The average Bonchev–Trinajstić information content (AvgIpc) is 2.46. The third kappa shape index (κ3) is 4.44. The molecule has 1 fully saturated rings. The van der Waals surface area contributed by atoms with Crippen molar-refractivity contribution in [3.05, 3.63) is 30.1 Å². The summed E-state index contributed by atoms with van der Waals surface area (Å²) >= 11 is 0. The van der Waals surface area contributed by atoms with E-state index >= 15 is 0 Å². The lowest BCUT2D eigenvalue weighted by atomic mass is 10.1. The minimum absolute atomic E-state index is 0.0531. The van der Waals surface area contributed by atoms with Gasteiger partial charge in [0.25, 0.3) is 5.91 Å². The molecule has 6 heteroatoms. The van der Waals surface area contributed by atoms with Crippen LogP contribution in [0.5, 0.6) is 5.75 Å². The third-order valence-corrected chi connectivity index (χ3v) is 3.44. The van der Waals surface area contributed by atoms with E-state index in [1.807, 2.05) is 0 Å². The molecule has 0 atom stereocenters. The first-order chi connectivity index (χ1) is 10.1.